The number of likely N-dealkylation sites (tertiary alicyclic amines) is 2. The van der Waals surface area contributed by atoms with Gasteiger partial charge in [0.1, 0.15) is 48.3 Å². The molecule has 0 aliphatic carbocycles. The van der Waals surface area contributed by atoms with Crippen LogP contribution in [0, 0.1) is 5.92 Å². The zero-order chi connectivity index (χ0) is 73.8. The zero-order valence-electron chi connectivity index (χ0n) is 57.1. The largest absolute Gasteiger partial charge is 0.480 e. The number of carbonyl (C=O) groups excluding carboxylic acids is 11. The number of unbranched alkanes of at least 4 members (excludes halogenated alkanes) is 3. The number of aliphatic imine (C=N–C) groups is 3. The van der Waals surface area contributed by atoms with Gasteiger partial charge in [0.15, 0.2) is 17.9 Å². The Balaban J connectivity index is 1.57. The van der Waals surface area contributed by atoms with Gasteiger partial charge >= 0.3 is 5.97 Å². The molecule has 2 aromatic carbocycles. The van der Waals surface area contributed by atoms with Crippen LogP contribution >= 0.6 is 11.8 Å². The minimum absolute atomic E-state index is 0.0258. The highest BCUT2D eigenvalue weighted by Crippen LogP contribution is 2.27. The van der Waals surface area contributed by atoms with Gasteiger partial charge in [0.05, 0.1) is 24.4 Å². The predicted octanol–water partition coefficient (Wildman–Crippen LogP) is -3.98. The van der Waals surface area contributed by atoms with Crippen LogP contribution in [0.1, 0.15) is 122 Å². The molecule has 2 aromatic rings. The van der Waals surface area contributed by atoms with E-state index in [0.717, 1.165) is 31.0 Å². The van der Waals surface area contributed by atoms with E-state index in [2.05, 4.69) is 57.5 Å². The van der Waals surface area contributed by atoms with Crippen molar-refractivity contribution in [3.8, 4) is 0 Å². The van der Waals surface area contributed by atoms with E-state index in [1.807, 2.05) is 6.92 Å². The summed E-state index contributed by atoms with van der Waals surface area (Å²) in [6.45, 7) is 4.38. The monoisotopic (exact) mass is 1420 g/mol. The summed E-state index contributed by atoms with van der Waals surface area (Å²) in [6.07, 6.45) is 4.06. The summed E-state index contributed by atoms with van der Waals surface area (Å²) in [5.41, 5.74) is 40.0. The Hall–Kier alpha value is -9.64. The number of aliphatic hydroxyl groups is 1. The summed E-state index contributed by atoms with van der Waals surface area (Å²) in [4.78, 5) is 181. The number of thioether (sulfide) groups is 1. The number of carbonyl (C=O) groups is 12. The molecule has 0 bridgehead atoms. The number of hydrogen-bond donors (Lipinski definition) is 17. The van der Waals surface area contributed by atoms with E-state index in [0.29, 0.717) is 30.4 Å². The molecule has 24 N–H and O–H groups in total. The molecule has 100 heavy (non-hydrogen) atoms. The van der Waals surface area contributed by atoms with Gasteiger partial charge in [-0.1, -0.05) is 101 Å². The fourth-order valence-corrected chi connectivity index (χ4v) is 12.2. The third kappa shape index (κ3) is 29.4. The number of hydrogen-bond acceptors (Lipinski definition) is 18. The van der Waals surface area contributed by atoms with Crippen molar-refractivity contribution < 1.29 is 67.7 Å². The molecule has 0 radical (unpaired) electrons. The molecule has 0 spiro atoms. The smallest absolute Gasteiger partial charge is 0.326 e. The third-order valence-corrected chi connectivity index (χ3v) is 17.5. The fourth-order valence-electron chi connectivity index (χ4n) is 11.0. The SMILES string of the molecule is CCCCCCN1C(=O)CC(SC[C@H](NC(=O)[C@@H]2CCCN2C(=O)[C@H](CCCN=C(N)N)NC(=O)[C@H](N)CCCN=C(N)N)C(=O)NCC(=O)N[C@@H](Cc2ccccc2)C(=O)N[C@@H](CO)C(=O)N[C@H](Cc2ccccc2)C(=O)N[C@@H](CC(C)C)C(=O)N[C@@H](CCCN=C(N)N)C(=O)O)C1=O. The van der Waals surface area contributed by atoms with Crippen molar-refractivity contribution in [2.45, 2.75) is 183 Å². The lowest BCUT2D eigenvalue weighted by Gasteiger charge is -2.30. The molecule has 0 aromatic heterocycles. The first-order valence-corrected chi connectivity index (χ1v) is 34.7. The first-order chi connectivity index (χ1) is 47.6. The van der Waals surface area contributed by atoms with Crippen molar-refractivity contribution in [2.24, 2.45) is 61.0 Å². The highest BCUT2D eigenvalue weighted by atomic mass is 32.2. The van der Waals surface area contributed by atoms with E-state index in [1.54, 1.807) is 74.5 Å². The van der Waals surface area contributed by atoms with E-state index in [4.69, 9.17) is 40.1 Å². The number of guanidine groups is 3. The molecule has 35 heteroatoms. The second kappa shape index (κ2) is 43.7. The van der Waals surface area contributed by atoms with Gasteiger partial charge in [-0.3, -0.25) is 72.6 Å². The number of benzene rings is 2. The first-order valence-electron chi connectivity index (χ1n) is 33.6. The van der Waals surface area contributed by atoms with Crippen molar-refractivity contribution in [3.05, 3.63) is 71.8 Å². The van der Waals surface area contributed by atoms with Crippen molar-refractivity contribution in [3.63, 3.8) is 0 Å². The summed E-state index contributed by atoms with van der Waals surface area (Å²) in [5.74, 6) is -11.0. The maximum atomic E-state index is 14.5. The molecule has 2 fully saturated rings. The second-order valence-corrected chi connectivity index (χ2v) is 26.1. The van der Waals surface area contributed by atoms with Crippen molar-refractivity contribution in [2.75, 3.05) is 51.6 Å². The molecule has 2 aliphatic rings. The highest BCUT2D eigenvalue weighted by molar-refractivity contribution is 8.00. The van der Waals surface area contributed by atoms with Crippen LogP contribution in [-0.2, 0) is 70.4 Å². The van der Waals surface area contributed by atoms with Crippen molar-refractivity contribution in [1.82, 2.24) is 52.3 Å². The Morgan fingerprint density at radius 2 is 1.09 bits per heavy atom. The normalized spacial score (nSPS) is 16.6. The number of carboxylic acids is 1. The van der Waals surface area contributed by atoms with E-state index in [-0.39, 0.29) is 126 Å². The number of imide groups is 1. The Morgan fingerprint density at radius 3 is 1.63 bits per heavy atom. The van der Waals surface area contributed by atoms with Gasteiger partial charge in [0.25, 0.3) is 0 Å². The average molecular weight is 1420 g/mol. The lowest BCUT2D eigenvalue weighted by atomic mass is 10.00. The molecule has 2 saturated heterocycles. The van der Waals surface area contributed by atoms with Crippen LogP contribution < -0.4 is 82.7 Å². The van der Waals surface area contributed by atoms with Gasteiger partial charge in [0, 0.05) is 57.7 Å². The van der Waals surface area contributed by atoms with Gasteiger partial charge in [0.2, 0.25) is 65.0 Å². The minimum atomic E-state index is -1.76. The summed E-state index contributed by atoms with van der Waals surface area (Å²) in [7, 11) is 0. The Labute approximate surface area is 585 Å². The van der Waals surface area contributed by atoms with E-state index < -0.39 is 144 Å². The van der Waals surface area contributed by atoms with Crippen molar-refractivity contribution in [1.29, 1.82) is 0 Å². The summed E-state index contributed by atoms with van der Waals surface area (Å²) >= 11 is 0.937. The molecule has 2 heterocycles. The molecular formula is C65H102N20O14S. The quantitative estimate of drug-likeness (QED) is 0.0130. The maximum Gasteiger partial charge on any atom is 0.326 e. The number of nitrogens with zero attached hydrogens (tertiary/aromatic N) is 5. The predicted molar refractivity (Wildman–Crippen MR) is 375 cm³/mol. The fraction of sp³-hybridized carbons (Fsp3) is 0.585. The van der Waals surface area contributed by atoms with Gasteiger partial charge in [-0.05, 0) is 81.3 Å². The molecule has 4 rings (SSSR count). The van der Waals surface area contributed by atoms with E-state index >= 15 is 0 Å². The summed E-state index contributed by atoms with van der Waals surface area (Å²) in [6, 6.07) is 4.41. The maximum absolute atomic E-state index is 14.5. The van der Waals surface area contributed by atoms with Gasteiger partial charge in [-0.15, -0.1) is 11.8 Å². The van der Waals surface area contributed by atoms with Crippen LogP contribution in [-0.4, -0.2) is 220 Å². The number of nitrogens with one attached hydrogen (secondary N) is 8. The third-order valence-electron chi connectivity index (χ3n) is 16.2. The van der Waals surface area contributed by atoms with Crippen LogP contribution in [0.3, 0.4) is 0 Å². The number of aliphatic hydroxyl groups excluding tert-OH is 1. The molecule has 34 nitrogen and oxygen atoms in total. The topological polar surface area (TPSA) is 567 Å². The summed E-state index contributed by atoms with van der Waals surface area (Å²) < 4.78 is 0. The van der Waals surface area contributed by atoms with E-state index in [9.17, 15) is 67.7 Å². The molecule has 11 amide bonds. The number of nitrogens with two attached hydrogens (primary N) is 7. The first kappa shape index (κ1) is 82.8. The zero-order valence-corrected chi connectivity index (χ0v) is 57.9. The van der Waals surface area contributed by atoms with Crippen LogP contribution in [0.4, 0.5) is 0 Å². The number of aliphatic carboxylic acids is 1. The van der Waals surface area contributed by atoms with Crippen LogP contribution in [0.5, 0.6) is 0 Å². The van der Waals surface area contributed by atoms with Crippen LogP contribution in [0.15, 0.2) is 75.6 Å². The standard InChI is InChI=1S/C65H102N20O14S/c1-4-5-6-13-29-85-52(88)34-50(61(85)97)100-37-48(83-59(95)49-25-17-30-84(49)60(96)42(23-15-27-74-64(69)70)78-53(89)41(66)22-14-26-73-63(67)68)54(90)76-35-51(87)77-45(32-39-18-9-7-10-19-39)56(92)82-47(36-86)58(94)81-46(33-40-20-11-8-12-21-40)57(93)80-44(31-38(2)3)55(91)79-43(62(98)99)24-16-28-75-65(71)72/h7-12,18-21,38,41-50,86H,4-6,13-17,22-37,66H2,1-3H3,(H,76,90)(H,77,87)(H,78,89)(H,79,91)(H,80,93)(H,81,94)(H,82,92)(H,83,95)(H,98,99)(H4,67,68,73)(H4,69,70,74)(H4,71,72,75)/t41-,42+,43+,44+,45+,46-,47+,48+,49+,50?/m1/s1. The summed E-state index contributed by atoms with van der Waals surface area (Å²) in [5, 5.41) is 40.3. The van der Waals surface area contributed by atoms with E-state index in [1.165, 1.54) is 9.80 Å². The number of amides is 11. The molecular weight excluding hydrogens is 1320 g/mol. The van der Waals surface area contributed by atoms with Crippen molar-refractivity contribution >= 4 is 101 Å². The Morgan fingerprint density at radius 1 is 0.590 bits per heavy atom. The lowest BCUT2D eigenvalue weighted by molar-refractivity contribution is -0.142. The molecule has 1 unspecified atom stereocenters. The van der Waals surface area contributed by atoms with Gasteiger partial charge < -0.3 is 97.8 Å². The lowest BCUT2D eigenvalue weighted by Crippen LogP contribution is -2.60. The average Bonchev–Trinajstić information content (AvgIpc) is 1.67. The van der Waals surface area contributed by atoms with Gasteiger partial charge in [-0.2, -0.15) is 0 Å². The Kier molecular flexibility index (Phi) is 36.2. The number of carboxylic acid groups (broad SMARTS) is 1. The molecule has 0 saturated carbocycles. The van der Waals surface area contributed by atoms with Crippen LogP contribution in [0.2, 0.25) is 0 Å². The van der Waals surface area contributed by atoms with Crippen LogP contribution in [0.25, 0.3) is 0 Å². The molecule has 2 aliphatic heterocycles. The number of rotatable bonds is 45. The molecule has 552 valence electrons. The highest BCUT2D eigenvalue weighted by Gasteiger charge is 2.42. The molecule has 10 atom stereocenters. The Bertz CT molecular complexity index is 3150. The second-order valence-electron chi connectivity index (χ2n) is 24.8. The van der Waals surface area contributed by atoms with Gasteiger partial charge in [-0.25, -0.2) is 4.79 Å². The minimum Gasteiger partial charge on any atom is -0.480 e.